The van der Waals surface area contributed by atoms with E-state index in [4.69, 9.17) is 0 Å². The molecule has 1 N–H and O–H groups in total. The van der Waals surface area contributed by atoms with Gasteiger partial charge in [-0.3, -0.25) is 4.79 Å². The number of rotatable bonds is 2. The molecule has 0 radical (unpaired) electrons. The van der Waals surface area contributed by atoms with Gasteiger partial charge in [0.2, 0.25) is 0 Å². The highest BCUT2D eigenvalue weighted by molar-refractivity contribution is 9.10. The van der Waals surface area contributed by atoms with Gasteiger partial charge in [0.1, 0.15) is 0 Å². The van der Waals surface area contributed by atoms with Crippen molar-refractivity contribution >= 4 is 21.8 Å². The number of carbonyl (C=O) groups is 1. The van der Waals surface area contributed by atoms with Crippen molar-refractivity contribution in [2.45, 2.75) is 50.5 Å². The second kappa shape index (κ2) is 5.12. The van der Waals surface area contributed by atoms with E-state index >= 15 is 0 Å². The van der Waals surface area contributed by atoms with Crippen LogP contribution in [0.15, 0.2) is 28.7 Å². The first-order valence-electron chi connectivity index (χ1n) is 8.20. The van der Waals surface area contributed by atoms with Gasteiger partial charge in [0.15, 0.2) is 0 Å². The minimum Gasteiger partial charge on any atom is -0.347 e. The molecule has 4 aliphatic rings. The molecule has 112 valence electrons. The fourth-order valence-corrected chi connectivity index (χ4v) is 5.49. The van der Waals surface area contributed by atoms with Gasteiger partial charge in [-0.2, -0.15) is 0 Å². The molecule has 4 saturated carbocycles. The summed E-state index contributed by atoms with van der Waals surface area (Å²) in [5.74, 6) is 2.76. The van der Waals surface area contributed by atoms with E-state index in [1.54, 1.807) is 0 Å². The Morgan fingerprint density at radius 2 is 1.67 bits per heavy atom. The highest BCUT2D eigenvalue weighted by Gasteiger charge is 2.48. The molecule has 21 heavy (non-hydrogen) atoms. The van der Waals surface area contributed by atoms with E-state index in [1.807, 2.05) is 24.3 Å². The topological polar surface area (TPSA) is 29.1 Å². The summed E-state index contributed by atoms with van der Waals surface area (Å²) in [6.07, 6.45) is 9.15. The van der Waals surface area contributed by atoms with E-state index in [-0.39, 0.29) is 11.4 Å². The molecule has 0 heterocycles. The summed E-state index contributed by atoms with van der Waals surface area (Å²) in [4.78, 5) is 12.6. The van der Waals surface area contributed by atoms with Crippen molar-refractivity contribution in [3.05, 3.63) is 34.3 Å². The van der Waals surface area contributed by atoms with Gasteiger partial charge in [0, 0.05) is 15.6 Å². The molecule has 2 unspecified atom stereocenters. The van der Waals surface area contributed by atoms with Crippen LogP contribution in [0.3, 0.4) is 0 Å². The molecular weight excluding hydrogens is 326 g/mol. The summed E-state index contributed by atoms with van der Waals surface area (Å²) < 4.78 is 1.02. The predicted octanol–water partition coefficient (Wildman–Crippen LogP) is 4.54. The molecule has 0 aliphatic heterocycles. The third-order valence-electron chi connectivity index (χ3n) is 5.88. The predicted molar refractivity (Wildman–Crippen MR) is 87.1 cm³/mol. The number of nitrogens with one attached hydrogen (secondary N) is 1. The zero-order chi connectivity index (χ0) is 14.4. The standard InChI is InChI=1S/C18H22BrNO/c19-16-3-1-15(2-4-16)17(21)20-18-6-5-12-7-13(10-18)9-14(8-12)11-18/h1-4,12-14H,5-11H2,(H,20,21). The lowest BCUT2D eigenvalue weighted by molar-refractivity contribution is 0.0714. The zero-order valence-electron chi connectivity index (χ0n) is 12.3. The third-order valence-corrected chi connectivity index (χ3v) is 6.40. The molecule has 4 bridgehead atoms. The van der Waals surface area contributed by atoms with E-state index in [0.717, 1.165) is 27.8 Å². The fraction of sp³-hybridized carbons (Fsp3) is 0.611. The number of fused-ring (bicyclic) bond motifs is 1. The number of carbonyl (C=O) groups excluding carboxylic acids is 1. The molecular formula is C18H22BrNO. The van der Waals surface area contributed by atoms with Gasteiger partial charge in [0.05, 0.1) is 0 Å². The number of hydrogen-bond acceptors (Lipinski definition) is 1. The molecule has 4 fully saturated rings. The van der Waals surface area contributed by atoms with Crippen molar-refractivity contribution in [2.24, 2.45) is 17.8 Å². The van der Waals surface area contributed by atoms with Crippen molar-refractivity contribution in [2.75, 3.05) is 0 Å². The van der Waals surface area contributed by atoms with Gasteiger partial charge >= 0.3 is 0 Å². The molecule has 2 nitrogen and oxygen atoms in total. The summed E-state index contributed by atoms with van der Waals surface area (Å²) in [6.45, 7) is 0. The van der Waals surface area contributed by atoms with Gasteiger partial charge in [-0.25, -0.2) is 0 Å². The second-order valence-electron chi connectivity index (χ2n) is 7.49. The van der Waals surface area contributed by atoms with Crippen molar-refractivity contribution in [1.29, 1.82) is 0 Å². The van der Waals surface area contributed by atoms with Crippen LogP contribution >= 0.6 is 15.9 Å². The first-order valence-corrected chi connectivity index (χ1v) is 8.99. The minimum absolute atomic E-state index is 0.0863. The zero-order valence-corrected chi connectivity index (χ0v) is 13.9. The number of amides is 1. The van der Waals surface area contributed by atoms with E-state index in [1.165, 1.54) is 44.9 Å². The summed E-state index contributed by atoms with van der Waals surface area (Å²) >= 11 is 3.43. The van der Waals surface area contributed by atoms with Crippen LogP contribution in [0.2, 0.25) is 0 Å². The van der Waals surface area contributed by atoms with Crippen LogP contribution in [0.5, 0.6) is 0 Å². The Morgan fingerprint density at radius 1 is 1.05 bits per heavy atom. The SMILES string of the molecule is O=C(NC12CCC3CC(CC(C3)C1)C2)c1ccc(Br)cc1. The van der Waals surface area contributed by atoms with E-state index < -0.39 is 0 Å². The normalized spacial score (nSPS) is 37.3. The average Bonchev–Trinajstić information content (AvgIpc) is 2.63. The van der Waals surface area contributed by atoms with Crippen LogP contribution < -0.4 is 5.32 Å². The maximum absolute atomic E-state index is 12.6. The first-order chi connectivity index (χ1) is 10.1. The summed E-state index contributed by atoms with van der Waals surface area (Å²) in [7, 11) is 0. The number of benzene rings is 1. The van der Waals surface area contributed by atoms with Crippen molar-refractivity contribution in [3.63, 3.8) is 0 Å². The Bertz CT molecular complexity index is 539. The smallest absolute Gasteiger partial charge is 0.251 e. The van der Waals surface area contributed by atoms with E-state index in [2.05, 4.69) is 21.2 Å². The first kappa shape index (κ1) is 13.8. The molecule has 1 aromatic carbocycles. The molecule has 0 saturated heterocycles. The second-order valence-corrected chi connectivity index (χ2v) is 8.41. The average molecular weight is 348 g/mol. The molecule has 0 spiro atoms. The van der Waals surface area contributed by atoms with Gasteiger partial charge < -0.3 is 5.32 Å². The van der Waals surface area contributed by atoms with Crippen LogP contribution in [0.1, 0.15) is 55.3 Å². The largest absolute Gasteiger partial charge is 0.347 e. The maximum Gasteiger partial charge on any atom is 0.251 e. The van der Waals surface area contributed by atoms with Crippen LogP contribution in [0, 0.1) is 17.8 Å². The van der Waals surface area contributed by atoms with Gasteiger partial charge in [-0.1, -0.05) is 15.9 Å². The Hall–Kier alpha value is -0.830. The lowest BCUT2D eigenvalue weighted by atomic mass is 9.65. The fourth-order valence-electron chi connectivity index (χ4n) is 5.22. The molecule has 5 rings (SSSR count). The van der Waals surface area contributed by atoms with Gasteiger partial charge in [-0.15, -0.1) is 0 Å². The quantitative estimate of drug-likeness (QED) is 0.835. The highest BCUT2D eigenvalue weighted by atomic mass is 79.9. The monoisotopic (exact) mass is 347 g/mol. The van der Waals surface area contributed by atoms with Crippen LogP contribution in [0.4, 0.5) is 0 Å². The van der Waals surface area contributed by atoms with Crippen molar-refractivity contribution in [3.8, 4) is 0 Å². The Morgan fingerprint density at radius 3 is 2.33 bits per heavy atom. The lowest BCUT2D eigenvalue weighted by Crippen LogP contribution is -2.52. The lowest BCUT2D eigenvalue weighted by Gasteiger charge is -2.45. The van der Waals surface area contributed by atoms with Crippen molar-refractivity contribution in [1.82, 2.24) is 5.32 Å². The van der Waals surface area contributed by atoms with Crippen LogP contribution in [-0.2, 0) is 0 Å². The number of halogens is 1. The van der Waals surface area contributed by atoms with Crippen LogP contribution in [-0.4, -0.2) is 11.4 Å². The third kappa shape index (κ3) is 2.65. The van der Waals surface area contributed by atoms with Gasteiger partial charge in [-0.05, 0) is 87.0 Å². The summed E-state index contributed by atoms with van der Waals surface area (Å²) in [5.41, 5.74) is 0.870. The van der Waals surface area contributed by atoms with E-state index in [0.29, 0.717) is 0 Å². The van der Waals surface area contributed by atoms with E-state index in [9.17, 15) is 4.79 Å². The van der Waals surface area contributed by atoms with Gasteiger partial charge in [0.25, 0.3) is 5.91 Å². The Labute approximate surface area is 134 Å². The number of hydrogen-bond donors (Lipinski definition) is 1. The molecule has 0 aromatic heterocycles. The Kier molecular flexibility index (Phi) is 3.36. The summed E-state index contributed by atoms with van der Waals surface area (Å²) in [6, 6.07) is 7.71. The molecule has 4 aliphatic carbocycles. The highest BCUT2D eigenvalue weighted by Crippen LogP contribution is 2.53. The van der Waals surface area contributed by atoms with Crippen molar-refractivity contribution < 1.29 is 4.79 Å². The maximum atomic E-state index is 12.6. The minimum atomic E-state index is 0.0863. The van der Waals surface area contributed by atoms with Crippen LogP contribution in [0.25, 0.3) is 0 Å². The molecule has 2 atom stereocenters. The summed E-state index contributed by atoms with van der Waals surface area (Å²) in [5, 5.41) is 3.44. The Balaban J connectivity index is 1.55. The molecule has 1 aromatic rings. The molecule has 1 amide bonds. The molecule has 3 heteroatoms.